The molecule has 0 unspecified atom stereocenters. The highest BCUT2D eigenvalue weighted by atomic mass is 16.2. The van der Waals surface area contributed by atoms with Crippen LogP contribution >= 0.6 is 0 Å². The zero-order chi connectivity index (χ0) is 17.5. The quantitative estimate of drug-likeness (QED) is 0.748. The van der Waals surface area contributed by atoms with Crippen LogP contribution in [0.2, 0.25) is 0 Å². The van der Waals surface area contributed by atoms with Crippen LogP contribution < -0.4 is 15.5 Å². The molecule has 25 heavy (non-hydrogen) atoms. The topological polar surface area (TPSA) is 100 Å². The molecule has 0 radical (unpaired) electrons. The minimum absolute atomic E-state index is 0.222. The number of aromatic nitrogens is 3. The first-order chi connectivity index (χ1) is 12.2. The molecule has 130 valence electrons. The standard InChI is InChI=1S/C17H20N6O2/c24-15(13-4-3-5-18-10-13)19-6-7-20-16(25)14-11-21-17(22-12-14)23-8-1-2-9-23/h3-5,10-12H,1-2,6-9H2,(H,19,24)(H,20,25). The summed E-state index contributed by atoms with van der Waals surface area (Å²) in [6.45, 7) is 2.56. The van der Waals surface area contributed by atoms with Crippen molar-refractivity contribution in [3.63, 3.8) is 0 Å². The first-order valence-corrected chi connectivity index (χ1v) is 8.27. The van der Waals surface area contributed by atoms with Crippen LogP contribution in [0, 0.1) is 0 Å². The van der Waals surface area contributed by atoms with Gasteiger partial charge in [-0.05, 0) is 25.0 Å². The van der Waals surface area contributed by atoms with Crippen molar-refractivity contribution >= 4 is 17.8 Å². The molecule has 8 nitrogen and oxygen atoms in total. The zero-order valence-electron chi connectivity index (χ0n) is 13.8. The van der Waals surface area contributed by atoms with Gasteiger partial charge in [0.1, 0.15) is 0 Å². The van der Waals surface area contributed by atoms with E-state index in [0.29, 0.717) is 30.2 Å². The van der Waals surface area contributed by atoms with Crippen LogP contribution in [0.4, 0.5) is 5.95 Å². The Morgan fingerprint density at radius 1 is 0.960 bits per heavy atom. The third kappa shape index (κ3) is 4.50. The van der Waals surface area contributed by atoms with E-state index in [4.69, 9.17) is 0 Å². The summed E-state index contributed by atoms with van der Waals surface area (Å²) in [7, 11) is 0. The van der Waals surface area contributed by atoms with Crippen molar-refractivity contribution in [2.75, 3.05) is 31.1 Å². The molecule has 0 aromatic carbocycles. The van der Waals surface area contributed by atoms with E-state index in [0.717, 1.165) is 25.9 Å². The lowest BCUT2D eigenvalue weighted by molar-refractivity contribution is 0.0927. The molecule has 2 aromatic heterocycles. The van der Waals surface area contributed by atoms with Crippen molar-refractivity contribution in [3.8, 4) is 0 Å². The summed E-state index contributed by atoms with van der Waals surface area (Å²) in [5.74, 6) is 0.182. The highest BCUT2D eigenvalue weighted by Crippen LogP contribution is 2.14. The Labute approximate surface area is 145 Å². The first-order valence-electron chi connectivity index (χ1n) is 8.27. The molecule has 0 aliphatic carbocycles. The van der Waals surface area contributed by atoms with E-state index < -0.39 is 0 Å². The number of hydrogen-bond donors (Lipinski definition) is 2. The predicted molar refractivity (Wildman–Crippen MR) is 92.4 cm³/mol. The molecule has 2 N–H and O–H groups in total. The van der Waals surface area contributed by atoms with Crippen molar-refractivity contribution in [1.82, 2.24) is 25.6 Å². The Morgan fingerprint density at radius 2 is 1.60 bits per heavy atom. The second kappa shape index (κ2) is 8.18. The van der Waals surface area contributed by atoms with Gasteiger partial charge in [-0.1, -0.05) is 0 Å². The monoisotopic (exact) mass is 340 g/mol. The van der Waals surface area contributed by atoms with Crippen LogP contribution in [0.25, 0.3) is 0 Å². The van der Waals surface area contributed by atoms with Crippen molar-refractivity contribution in [3.05, 3.63) is 48.0 Å². The Balaban J connectivity index is 1.42. The summed E-state index contributed by atoms with van der Waals surface area (Å²) in [5, 5.41) is 5.45. The van der Waals surface area contributed by atoms with Crippen LogP contribution in [0.1, 0.15) is 33.6 Å². The largest absolute Gasteiger partial charge is 0.350 e. The minimum atomic E-state index is -0.261. The number of rotatable bonds is 6. The number of anilines is 1. The van der Waals surface area contributed by atoms with Crippen molar-refractivity contribution in [2.45, 2.75) is 12.8 Å². The van der Waals surface area contributed by atoms with Gasteiger partial charge < -0.3 is 15.5 Å². The van der Waals surface area contributed by atoms with Crippen molar-refractivity contribution in [1.29, 1.82) is 0 Å². The molecule has 3 heterocycles. The Morgan fingerprint density at radius 3 is 2.20 bits per heavy atom. The van der Waals surface area contributed by atoms with Gasteiger partial charge in [0.25, 0.3) is 11.8 Å². The highest BCUT2D eigenvalue weighted by Gasteiger charge is 2.15. The molecule has 0 spiro atoms. The molecule has 1 aliphatic heterocycles. The molecule has 3 rings (SSSR count). The van der Waals surface area contributed by atoms with Gasteiger partial charge in [-0.15, -0.1) is 0 Å². The van der Waals surface area contributed by atoms with Crippen LogP contribution in [-0.2, 0) is 0 Å². The summed E-state index contributed by atoms with van der Waals surface area (Å²) in [6, 6.07) is 3.38. The molecule has 1 fully saturated rings. The number of pyridine rings is 1. The maximum Gasteiger partial charge on any atom is 0.254 e. The molecular formula is C17H20N6O2. The minimum Gasteiger partial charge on any atom is -0.350 e. The lowest BCUT2D eigenvalue weighted by Gasteiger charge is -2.14. The van der Waals surface area contributed by atoms with Crippen molar-refractivity contribution in [2.24, 2.45) is 0 Å². The summed E-state index contributed by atoms with van der Waals surface area (Å²) in [4.78, 5) is 38.4. The molecule has 0 bridgehead atoms. The maximum absolute atomic E-state index is 12.1. The van der Waals surface area contributed by atoms with Gasteiger partial charge >= 0.3 is 0 Å². The van der Waals surface area contributed by atoms with Crippen LogP contribution in [0.15, 0.2) is 36.9 Å². The van der Waals surface area contributed by atoms with E-state index in [1.54, 1.807) is 18.3 Å². The molecule has 2 amide bonds. The van der Waals surface area contributed by atoms with Gasteiger partial charge in [0.2, 0.25) is 5.95 Å². The molecule has 2 aromatic rings. The molecule has 1 saturated heterocycles. The fraction of sp³-hybridized carbons (Fsp3) is 0.353. The van der Waals surface area contributed by atoms with E-state index in [-0.39, 0.29) is 11.8 Å². The number of carbonyl (C=O) groups excluding carboxylic acids is 2. The third-order valence-corrected chi connectivity index (χ3v) is 3.91. The average Bonchev–Trinajstić information content (AvgIpc) is 3.20. The smallest absolute Gasteiger partial charge is 0.254 e. The normalized spacial score (nSPS) is 13.5. The second-order valence-corrected chi connectivity index (χ2v) is 5.72. The van der Waals surface area contributed by atoms with Gasteiger partial charge in [-0.2, -0.15) is 0 Å². The fourth-order valence-electron chi connectivity index (χ4n) is 2.57. The van der Waals surface area contributed by atoms with Gasteiger partial charge in [-0.25, -0.2) is 9.97 Å². The summed E-state index contributed by atoms with van der Waals surface area (Å²) in [5.41, 5.74) is 0.890. The Kier molecular flexibility index (Phi) is 5.50. The molecule has 0 saturated carbocycles. The second-order valence-electron chi connectivity index (χ2n) is 5.72. The SMILES string of the molecule is O=C(NCCNC(=O)c1cnc(N2CCCC2)nc1)c1cccnc1. The van der Waals surface area contributed by atoms with E-state index >= 15 is 0 Å². The van der Waals surface area contributed by atoms with E-state index in [1.807, 2.05) is 0 Å². The number of hydrogen-bond acceptors (Lipinski definition) is 6. The summed E-state index contributed by atoms with van der Waals surface area (Å²) in [6.07, 6.45) is 8.46. The van der Waals surface area contributed by atoms with E-state index in [2.05, 4.69) is 30.5 Å². The predicted octanol–water partition coefficient (Wildman–Crippen LogP) is 0.632. The lowest BCUT2D eigenvalue weighted by Crippen LogP contribution is -2.34. The van der Waals surface area contributed by atoms with Gasteiger partial charge in [-0.3, -0.25) is 14.6 Å². The zero-order valence-corrected chi connectivity index (χ0v) is 13.8. The fourth-order valence-corrected chi connectivity index (χ4v) is 2.57. The Hall–Kier alpha value is -3.03. The molecule has 1 aliphatic rings. The number of amides is 2. The maximum atomic E-state index is 12.1. The van der Waals surface area contributed by atoms with Gasteiger partial charge in [0.15, 0.2) is 0 Å². The molecule has 0 atom stereocenters. The number of nitrogens with one attached hydrogen (secondary N) is 2. The highest BCUT2D eigenvalue weighted by molar-refractivity contribution is 5.94. The molecule has 8 heteroatoms. The van der Waals surface area contributed by atoms with E-state index in [1.165, 1.54) is 18.6 Å². The summed E-state index contributed by atoms with van der Waals surface area (Å²) >= 11 is 0. The van der Waals surface area contributed by atoms with Crippen molar-refractivity contribution < 1.29 is 9.59 Å². The van der Waals surface area contributed by atoms with Crippen LogP contribution in [0.3, 0.4) is 0 Å². The average molecular weight is 340 g/mol. The number of carbonyl (C=O) groups is 2. The molecular weight excluding hydrogens is 320 g/mol. The first kappa shape index (κ1) is 16.8. The lowest BCUT2D eigenvalue weighted by atomic mass is 10.3. The van der Waals surface area contributed by atoms with Crippen LogP contribution in [-0.4, -0.2) is 52.9 Å². The third-order valence-electron chi connectivity index (χ3n) is 3.91. The number of nitrogens with zero attached hydrogens (tertiary/aromatic N) is 4. The van der Waals surface area contributed by atoms with Crippen LogP contribution in [0.5, 0.6) is 0 Å². The van der Waals surface area contributed by atoms with Gasteiger partial charge in [0.05, 0.1) is 11.1 Å². The van der Waals surface area contributed by atoms with Gasteiger partial charge in [0, 0.05) is 51.0 Å². The Bertz CT molecular complexity index is 714. The van der Waals surface area contributed by atoms with E-state index in [9.17, 15) is 9.59 Å². The summed E-state index contributed by atoms with van der Waals surface area (Å²) < 4.78 is 0.